The Morgan fingerprint density at radius 1 is 1.12 bits per heavy atom. The zero-order valence-corrected chi connectivity index (χ0v) is 18.2. The molecule has 166 valence electrons. The van der Waals surface area contributed by atoms with Crippen molar-refractivity contribution in [3.8, 4) is 17.1 Å². The number of thioether (sulfide) groups is 1. The van der Waals surface area contributed by atoms with Gasteiger partial charge < -0.3 is 14.6 Å². The molecule has 1 aliphatic rings. The van der Waals surface area contributed by atoms with Crippen molar-refractivity contribution in [2.24, 2.45) is 0 Å². The average Bonchev–Trinajstić information content (AvgIpc) is 2.83. The number of nitrogens with one attached hydrogen (secondary N) is 1. The summed E-state index contributed by atoms with van der Waals surface area (Å²) in [6.45, 7) is 1.76. The number of carbonyl (C=O) groups is 1. The smallest absolute Gasteiger partial charge is 0.273 e. The zero-order chi connectivity index (χ0) is 22.3. The first kappa shape index (κ1) is 22.0. The highest BCUT2D eigenvalue weighted by Gasteiger charge is 2.17. The molecule has 1 amide bonds. The summed E-state index contributed by atoms with van der Waals surface area (Å²) in [6.07, 6.45) is 0.511. The van der Waals surface area contributed by atoms with E-state index in [9.17, 15) is 14.0 Å². The summed E-state index contributed by atoms with van der Waals surface area (Å²) in [5, 5.41) is 8.16. The topological polar surface area (TPSA) is 88.2 Å². The van der Waals surface area contributed by atoms with Crippen molar-refractivity contribution in [1.82, 2.24) is 20.1 Å². The molecule has 1 aliphatic heterocycles. The van der Waals surface area contributed by atoms with Crippen LogP contribution in [0.1, 0.15) is 17.7 Å². The normalized spacial score (nSPS) is 13.7. The standard InChI is InChI=1S/C23H23FN4O3S/c24-18-3-1-2-16(14-18)15-31-19-6-4-17(5-7-19)22-25-23(30)20(26-27-22)8-9-21(29)28-10-12-32-13-11-28/h1-7,14H,8-13,15H2,(H,25,27,30). The maximum Gasteiger partial charge on any atom is 0.273 e. The van der Waals surface area contributed by atoms with Gasteiger partial charge in [-0.05, 0) is 42.0 Å². The molecule has 1 fully saturated rings. The molecule has 0 unspecified atom stereocenters. The van der Waals surface area contributed by atoms with E-state index in [0.717, 1.165) is 30.2 Å². The Labute approximate surface area is 189 Å². The maximum atomic E-state index is 13.3. The van der Waals surface area contributed by atoms with Gasteiger partial charge in [0.2, 0.25) is 5.91 Å². The van der Waals surface area contributed by atoms with Crippen LogP contribution in [-0.4, -0.2) is 50.6 Å². The molecule has 3 aromatic rings. The van der Waals surface area contributed by atoms with E-state index < -0.39 is 0 Å². The van der Waals surface area contributed by atoms with Crippen LogP contribution in [0.3, 0.4) is 0 Å². The Hall–Kier alpha value is -3.20. The monoisotopic (exact) mass is 454 g/mol. The predicted octanol–water partition coefficient (Wildman–Crippen LogP) is 3.06. The van der Waals surface area contributed by atoms with Gasteiger partial charge in [-0.25, -0.2) is 4.39 Å². The third-order valence-electron chi connectivity index (χ3n) is 5.13. The second kappa shape index (κ2) is 10.4. The molecule has 1 saturated heterocycles. The van der Waals surface area contributed by atoms with E-state index in [1.807, 2.05) is 16.7 Å². The number of benzene rings is 2. The number of amides is 1. The lowest BCUT2D eigenvalue weighted by Crippen LogP contribution is -2.38. The van der Waals surface area contributed by atoms with Crippen LogP contribution in [0.15, 0.2) is 53.3 Å². The van der Waals surface area contributed by atoms with Gasteiger partial charge in [-0.15, -0.1) is 10.2 Å². The van der Waals surface area contributed by atoms with Crippen LogP contribution in [0.4, 0.5) is 4.39 Å². The lowest BCUT2D eigenvalue weighted by molar-refractivity contribution is -0.130. The molecule has 2 heterocycles. The van der Waals surface area contributed by atoms with Gasteiger partial charge in [0.05, 0.1) is 0 Å². The summed E-state index contributed by atoms with van der Waals surface area (Å²) < 4.78 is 18.9. The first-order chi connectivity index (χ1) is 15.6. The highest BCUT2D eigenvalue weighted by atomic mass is 32.2. The summed E-state index contributed by atoms with van der Waals surface area (Å²) in [5.41, 5.74) is 1.32. The van der Waals surface area contributed by atoms with Gasteiger partial charge in [-0.3, -0.25) is 9.59 Å². The van der Waals surface area contributed by atoms with Crippen LogP contribution >= 0.6 is 11.8 Å². The maximum absolute atomic E-state index is 13.3. The molecular weight excluding hydrogens is 431 g/mol. The molecular formula is C23H23FN4O3S. The van der Waals surface area contributed by atoms with Crippen molar-refractivity contribution in [2.75, 3.05) is 24.6 Å². The molecule has 0 radical (unpaired) electrons. The van der Waals surface area contributed by atoms with E-state index in [1.165, 1.54) is 12.1 Å². The molecule has 32 heavy (non-hydrogen) atoms. The van der Waals surface area contributed by atoms with Crippen LogP contribution < -0.4 is 10.3 Å². The molecule has 9 heteroatoms. The Bertz CT molecular complexity index is 1130. The predicted molar refractivity (Wildman–Crippen MR) is 121 cm³/mol. The Balaban J connectivity index is 1.34. The molecule has 0 aliphatic carbocycles. The minimum Gasteiger partial charge on any atom is -0.489 e. The van der Waals surface area contributed by atoms with Crippen molar-refractivity contribution in [3.05, 3.63) is 76.0 Å². The molecule has 0 bridgehead atoms. The fourth-order valence-corrected chi connectivity index (χ4v) is 4.26. The van der Waals surface area contributed by atoms with Crippen molar-refractivity contribution in [3.63, 3.8) is 0 Å². The van der Waals surface area contributed by atoms with Gasteiger partial charge in [0, 0.05) is 43.0 Å². The average molecular weight is 455 g/mol. The van der Waals surface area contributed by atoms with E-state index >= 15 is 0 Å². The fraction of sp³-hybridized carbons (Fsp3) is 0.304. The number of aromatic nitrogens is 3. The number of hydrogen-bond acceptors (Lipinski definition) is 6. The van der Waals surface area contributed by atoms with Crippen LogP contribution in [0, 0.1) is 5.82 Å². The van der Waals surface area contributed by atoms with E-state index in [1.54, 1.807) is 36.4 Å². The largest absolute Gasteiger partial charge is 0.489 e. The van der Waals surface area contributed by atoms with Crippen molar-refractivity contribution in [1.29, 1.82) is 0 Å². The fourth-order valence-electron chi connectivity index (χ4n) is 3.35. The van der Waals surface area contributed by atoms with Crippen molar-refractivity contribution < 1.29 is 13.9 Å². The number of halogens is 1. The van der Waals surface area contributed by atoms with Crippen molar-refractivity contribution >= 4 is 17.7 Å². The van der Waals surface area contributed by atoms with Crippen molar-refractivity contribution in [2.45, 2.75) is 19.4 Å². The second-order valence-corrected chi connectivity index (χ2v) is 8.61. The number of H-pyrrole nitrogens is 1. The number of ether oxygens (including phenoxy) is 1. The summed E-state index contributed by atoms with van der Waals surface area (Å²) in [7, 11) is 0. The van der Waals surface area contributed by atoms with Crippen LogP contribution in [-0.2, 0) is 17.8 Å². The van der Waals surface area contributed by atoms with E-state index in [2.05, 4.69) is 15.2 Å². The number of rotatable bonds is 7. The molecule has 1 N–H and O–H groups in total. The summed E-state index contributed by atoms with van der Waals surface area (Å²) in [5.74, 6) is 2.60. The van der Waals surface area contributed by atoms with Gasteiger partial charge in [0.15, 0.2) is 5.82 Å². The molecule has 4 rings (SSSR count). The van der Waals surface area contributed by atoms with Gasteiger partial charge in [0.25, 0.3) is 5.56 Å². The summed E-state index contributed by atoms with van der Waals surface area (Å²) in [4.78, 5) is 29.3. The van der Waals surface area contributed by atoms with Gasteiger partial charge >= 0.3 is 0 Å². The molecule has 0 atom stereocenters. The SMILES string of the molecule is O=C(CCc1nnc(-c2ccc(OCc3cccc(F)c3)cc2)[nH]c1=O)N1CCSCC1. The van der Waals surface area contributed by atoms with Gasteiger partial charge in [-0.1, -0.05) is 12.1 Å². The summed E-state index contributed by atoms with van der Waals surface area (Å²) >= 11 is 1.84. The Kier molecular flexibility index (Phi) is 7.16. The molecule has 0 saturated carbocycles. The zero-order valence-electron chi connectivity index (χ0n) is 17.4. The first-order valence-electron chi connectivity index (χ1n) is 10.4. The van der Waals surface area contributed by atoms with E-state index in [4.69, 9.17) is 4.74 Å². The molecule has 2 aromatic carbocycles. The van der Waals surface area contributed by atoms with Gasteiger partial charge in [-0.2, -0.15) is 11.8 Å². The number of aromatic amines is 1. The highest BCUT2D eigenvalue weighted by Crippen LogP contribution is 2.19. The first-order valence-corrected chi connectivity index (χ1v) is 11.5. The minimum atomic E-state index is -0.344. The Morgan fingerprint density at radius 3 is 2.62 bits per heavy atom. The second-order valence-electron chi connectivity index (χ2n) is 7.39. The van der Waals surface area contributed by atoms with Crippen LogP contribution in [0.5, 0.6) is 5.75 Å². The third kappa shape index (κ3) is 5.73. The third-order valence-corrected chi connectivity index (χ3v) is 6.07. The quantitative estimate of drug-likeness (QED) is 0.590. The summed E-state index contributed by atoms with van der Waals surface area (Å²) in [6, 6.07) is 13.3. The lowest BCUT2D eigenvalue weighted by Gasteiger charge is -2.26. The van der Waals surface area contributed by atoms with Gasteiger partial charge in [0.1, 0.15) is 23.9 Å². The molecule has 0 spiro atoms. The van der Waals surface area contributed by atoms with E-state index in [0.29, 0.717) is 17.1 Å². The number of nitrogens with zero attached hydrogens (tertiary/aromatic N) is 3. The number of hydrogen-bond donors (Lipinski definition) is 1. The van der Waals surface area contributed by atoms with Crippen LogP contribution in [0.25, 0.3) is 11.4 Å². The minimum absolute atomic E-state index is 0.0457. The number of carbonyl (C=O) groups excluding carboxylic acids is 1. The Morgan fingerprint density at radius 2 is 1.91 bits per heavy atom. The number of aryl methyl sites for hydroxylation is 1. The lowest BCUT2D eigenvalue weighted by atomic mass is 10.2. The molecule has 7 nitrogen and oxygen atoms in total. The van der Waals surface area contributed by atoms with E-state index in [-0.39, 0.29) is 42.4 Å². The molecule has 1 aromatic heterocycles. The highest BCUT2D eigenvalue weighted by molar-refractivity contribution is 7.99. The van der Waals surface area contributed by atoms with Crippen LogP contribution in [0.2, 0.25) is 0 Å².